The number of hydrogen-bond donors (Lipinski definition) is 2. The molecule has 2 N–H and O–H groups in total. The summed E-state index contributed by atoms with van der Waals surface area (Å²) in [7, 11) is 0.211. The Balaban J connectivity index is 2.06. The Morgan fingerprint density at radius 3 is 2.31 bits per heavy atom. The molecular weight excluding hydrogens is 370 g/mol. The van der Waals surface area contributed by atoms with Crippen LogP contribution < -0.4 is 10.0 Å². The lowest BCUT2D eigenvalue weighted by atomic mass is 10.1. The van der Waals surface area contributed by atoms with Gasteiger partial charge in [-0.05, 0) is 60.8 Å². The molecule has 2 rings (SSSR count). The molecular formula is C18H25N3O3S2. The fourth-order valence-electron chi connectivity index (χ4n) is 2.34. The molecule has 142 valence electrons. The van der Waals surface area contributed by atoms with E-state index in [4.69, 9.17) is 0 Å². The zero-order chi connectivity index (χ0) is 19.3. The number of hydrogen-bond acceptors (Lipinski definition) is 5. The molecule has 0 radical (unpaired) electrons. The zero-order valence-electron chi connectivity index (χ0n) is 15.4. The van der Waals surface area contributed by atoms with E-state index in [1.165, 1.54) is 12.1 Å². The van der Waals surface area contributed by atoms with E-state index >= 15 is 0 Å². The normalized spacial score (nSPS) is 13.2. The van der Waals surface area contributed by atoms with Gasteiger partial charge in [-0.3, -0.25) is 4.79 Å². The summed E-state index contributed by atoms with van der Waals surface area (Å²) in [6.45, 7) is 3.87. The molecule has 1 heterocycles. The highest BCUT2D eigenvalue weighted by Crippen LogP contribution is 2.21. The van der Waals surface area contributed by atoms with Crippen molar-refractivity contribution in [3.8, 4) is 0 Å². The number of likely N-dealkylation sites (N-methyl/N-ethyl adjacent to an activating group) is 1. The van der Waals surface area contributed by atoms with Gasteiger partial charge in [-0.1, -0.05) is 13.8 Å². The Kier molecular flexibility index (Phi) is 6.94. The molecule has 0 bridgehead atoms. The van der Waals surface area contributed by atoms with Gasteiger partial charge in [0.25, 0.3) is 0 Å². The standard InChI is InChI=1S/C18H25N3O3S2/c1-13(2)18(22)20-15-5-7-16(8-6-15)26(23,24)19-11-17(21(3)4)14-9-10-25-12-14/h5-10,12-13,17,19H,11H2,1-4H3,(H,20,22)/t17-/m1/s1. The van der Waals surface area contributed by atoms with Crippen LogP contribution in [0.2, 0.25) is 0 Å². The van der Waals surface area contributed by atoms with Crippen molar-refractivity contribution in [2.75, 3.05) is 26.0 Å². The van der Waals surface area contributed by atoms with Gasteiger partial charge >= 0.3 is 0 Å². The number of amides is 1. The first kappa shape index (κ1) is 20.6. The number of benzene rings is 1. The van der Waals surface area contributed by atoms with Gasteiger partial charge < -0.3 is 10.2 Å². The lowest BCUT2D eigenvalue weighted by Gasteiger charge is -2.24. The minimum absolute atomic E-state index is 0.0411. The van der Waals surface area contributed by atoms with Crippen molar-refractivity contribution in [3.05, 3.63) is 46.7 Å². The van der Waals surface area contributed by atoms with Crippen LogP contribution in [0, 0.1) is 5.92 Å². The number of thiophene rings is 1. The number of nitrogens with zero attached hydrogens (tertiary/aromatic N) is 1. The van der Waals surface area contributed by atoms with Crippen LogP contribution in [0.15, 0.2) is 46.0 Å². The molecule has 0 aliphatic rings. The van der Waals surface area contributed by atoms with Gasteiger partial charge in [0.1, 0.15) is 0 Å². The van der Waals surface area contributed by atoms with Crippen molar-refractivity contribution in [3.63, 3.8) is 0 Å². The van der Waals surface area contributed by atoms with E-state index in [0.29, 0.717) is 5.69 Å². The monoisotopic (exact) mass is 395 g/mol. The minimum Gasteiger partial charge on any atom is -0.326 e. The molecule has 8 heteroatoms. The number of carbonyl (C=O) groups is 1. The van der Waals surface area contributed by atoms with Crippen LogP contribution in [0.25, 0.3) is 0 Å². The Morgan fingerprint density at radius 2 is 1.81 bits per heavy atom. The summed E-state index contributed by atoms with van der Waals surface area (Å²) in [4.78, 5) is 13.9. The number of nitrogens with one attached hydrogen (secondary N) is 2. The van der Waals surface area contributed by atoms with Gasteiger partial charge in [-0.15, -0.1) is 0 Å². The average molecular weight is 396 g/mol. The second-order valence-electron chi connectivity index (χ2n) is 6.56. The molecule has 0 saturated carbocycles. The smallest absolute Gasteiger partial charge is 0.240 e. The fourth-order valence-corrected chi connectivity index (χ4v) is 4.08. The first-order chi connectivity index (χ1) is 12.2. The maximum atomic E-state index is 12.6. The largest absolute Gasteiger partial charge is 0.326 e. The number of anilines is 1. The van der Waals surface area contributed by atoms with Crippen molar-refractivity contribution in [1.29, 1.82) is 0 Å². The minimum atomic E-state index is -3.63. The molecule has 26 heavy (non-hydrogen) atoms. The topological polar surface area (TPSA) is 78.5 Å². The molecule has 1 atom stereocenters. The van der Waals surface area contributed by atoms with Crippen LogP contribution in [0.3, 0.4) is 0 Å². The summed E-state index contributed by atoms with van der Waals surface area (Å²) >= 11 is 1.58. The second-order valence-corrected chi connectivity index (χ2v) is 9.10. The van der Waals surface area contributed by atoms with Gasteiger partial charge in [0, 0.05) is 24.2 Å². The first-order valence-electron chi connectivity index (χ1n) is 8.30. The zero-order valence-corrected chi connectivity index (χ0v) is 17.0. The van der Waals surface area contributed by atoms with Crippen molar-refractivity contribution < 1.29 is 13.2 Å². The Morgan fingerprint density at radius 1 is 1.15 bits per heavy atom. The lowest BCUT2D eigenvalue weighted by Crippen LogP contribution is -2.34. The highest BCUT2D eigenvalue weighted by molar-refractivity contribution is 7.89. The molecule has 0 saturated heterocycles. The van der Waals surface area contributed by atoms with Crippen LogP contribution in [0.4, 0.5) is 5.69 Å². The Labute approximate surface area is 159 Å². The molecule has 0 spiro atoms. The number of carbonyl (C=O) groups excluding carboxylic acids is 1. The Bertz CT molecular complexity index is 814. The van der Waals surface area contributed by atoms with Gasteiger partial charge in [0.15, 0.2) is 0 Å². The van der Waals surface area contributed by atoms with E-state index < -0.39 is 10.0 Å². The van der Waals surface area contributed by atoms with E-state index in [0.717, 1.165) is 5.56 Å². The van der Waals surface area contributed by atoms with Crippen LogP contribution in [-0.4, -0.2) is 39.9 Å². The second kappa shape index (κ2) is 8.77. The molecule has 0 unspecified atom stereocenters. The molecule has 0 aliphatic heterocycles. The SMILES string of the molecule is CC(C)C(=O)Nc1ccc(S(=O)(=O)NC[C@H](c2ccsc2)N(C)C)cc1. The van der Waals surface area contributed by atoms with Crippen molar-refractivity contribution in [2.45, 2.75) is 24.8 Å². The third kappa shape index (κ3) is 5.38. The highest BCUT2D eigenvalue weighted by atomic mass is 32.2. The fraction of sp³-hybridized carbons (Fsp3) is 0.389. The molecule has 2 aromatic rings. The van der Waals surface area contributed by atoms with E-state index in [-0.39, 0.29) is 29.3 Å². The highest BCUT2D eigenvalue weighted by Gasteiger charge is 2.20. The van der Waals surface area contributed by atoms with E-state index in [1.807, 2.05) is 35.8 Å². The molecule has 1 amide bonds. The molecule has 1 aromatic heterocycles. The van der Waals surface area contributed by atoms with Gasteiger partial charge in [-0.2, -0.15) is 11.3 Å². The third-order valence-corrected chi connectivity index (χ3v) is 6.12. The van der Waals surface area contributed by atoms with Crippen molar-refractivity contribution >= 4 is 33.0 Å². The number of sulfonamides is 1. The van der Waals surface area contributed by atoms with Crippen molar-refractivity contribution in [2.24, 2.45) is 5.92 Å². The summed E-state index contributed by atoms with van der Waals surface area (Å²) in [5, 5.41) is 6.74. The van der Waals surface area contributed by atoms with E-state index in [2.05, 4.69) is 10.0 Å². The van der Waals surface area contributed by atoms with Crippen LogP contribution in [0.1, 0.15) is 25.5 Å². The molecule has 0 fully saturated rings. The predicted molar refractivity (Wildman–Crippen MR) is 106 cm³/mol. The summed E-state index contributed by atoms with van der Waals surface area (Å²) in [6.07, 6.45) is 0. The molecule has 6 nitrogen and oxygen atoms in total. The first-order valence-corrected chi connectivity index (χ1v) is 10.7. The van der Waals surface area contributed by atoms with Gasteiger partial charge in [0.05, 0.1) is 4.90 Å². The lowest BCUT2D eigenvalue weighted by molar-refractivity contribution is -0.118. The maximum absolute atomic E-state index is 12.6. The van der Waals surface area contributed by atoms with Crippen LogP contribution in [0.5, 0.6) is 0 Å². The third-order valence-electron chi connectivity index (χ3n) is 3.97. The summed E-state index contributed by atoms with van der Waals surface area (Å²) in [5.41, 5.74) is 1.65. The van der Waals surface area contributed by atoms with E-state index in [1.54, 1.807) is 37.3 Å². The molecule has 0 aliphatic carbocycles. The van der Waals surface area contributed by atoms with E-state index in [9.17, 15) is 13.2 Å². The summed E-state index contributed by atoms with van der Waals surface area (Å²) < 4.78 is 27.8. The summed E-state index contributed by atoms with van der Waals surface area (Å²) in [6, 6.07) is 8.13. The van der Waals surface area contributed by atoms with Gasteiger partial charge in [-0.25, -0.2) is 13.1 Å². The predicted octanol–water partition coefficient (Wildman–Crippen LogP) is 2.92. The van der Waals surface area contributed by atoms with Crippen LogP contribution in [-0.2, 0) is 14.8 Å². The number of rotatable bonds is 8. The Hall–Kier alpha value is -1.74. The van der Waals surface area contributed by atoms with Crippen molar-refractivity contribution in [1.82, 2.24) is 9.62 Å². The quantitative estimate of drug-likeness (QED) is 0.720. The maximum Gasteiger partial charge on any atom is 0.240 e. The molecule has 1 aromatic carbocycles. The average Bonchev–Trinajstić information content (AvgIpc) is 3.09. The van der Waals surface area contributed by atoms with Crippen LogP contribution >= 0.6 is 11.3 Å². The summed E-state index contributed by atoms with van der Waals surface area (Å²) in [5.74, 6) is -0.247. The van der Waals surface area contributed by atoms with Gasteiger partial charge in [0.2, 0.25) is 15.9 Å².